The van der Waals surface area contributed by atoms with Crippen molar-refractivity contribution in [3.8, 4) is 11.8 Å². The topological polar surface area (TPSA) is 62.2 Å². The van der Waals surface area contributed by atoms with Crippen LogP contribution in [0, 0.1) is 25.7 Å². The second-order valence-electron chi connectivity index (χ2n) is 4.05. The third-order valence-corrected chi connectivity index (χ3v) is 4.48. The standard InChI is InChI=1S/C14H14N2O2S2/c1-9-10(2)20-14(15-9)16-13(18)12-11(6-8-19-12)5-3-4-7-17/h6,8,17H,4,7H2,1-2H3,(H,15,16,18). The number of anilines is 1. The molecule has 1 amide bonds. The first kappa shape index (κ1) is 14.7. The van der Waals surface area contributed by atoms with E-state index in [2.05, 4.69) is 22.1 Å². The van der Waals surface area contributed by atoms with Crippen molar-refractivity contribution in [3.63, 3.8) is 0 Å². The molecule has 2 N–H and O–H groups in total. The van der Waals surface area contributed by atoms with Crippen molar-refractivity contribution in [1.82, 2.24) is 4.98 Å². The Labute approximate surface area is 125 Å². The van der Waals surface area contributed by atoms with Gasteiger partial charge < -0.3 is 5.11 Å². The molecule has 2 heterocycles. The number of aliphatic hydroxyl groups is 1. The van der Waals surface area contributed by atoms with Gasteiger partial charge in [-0.25, -0.2) is 4.98 Å². The summed E-state index contributed by atoms with van der Waals surface area (Å²) >= 11 is 2.81. The average Bonchev–Trinajstić information content (AvgIpc) is 2.98. The smallest absolute Gasteiger partial charge is 0.268 e. The molecule has 0 bridgehead atoms. The number of aryl methyl sites for hydroxylation is 2. The molecular formula is C14H14N2O2S2. The lowest BCUT2D eigenvalue weighted by Gasteiger charge is -1.99. The van der Waals surface area contributed by atoms with Crippen LogP contribution in [0.2, 0.25) is 0 Å². The van der Waals surface area contributed by atoms with E-state index in [1.807, 2.05) is 25.3 Å². The molecule has 0 aromatic carbocycles. The first-order chi connectivity index (χ1) is 9.61. The largest absolute Gasteiger partial charge is 0.395 e. The lowest BCUT2D eigenvalue weighted by molar-refractivity contribution is 0.103. The van der Waals surface area contributed by atoms with Crippen molar-refractivity contribution < 1.29 is 9.90 Å². The van der Waals surface area contributed by atoms with Crippen molar-refractivity contribution in [3.05, 3.63) is 32.5 Å². The van der Waals surface area contributed by atoms with Gasteiger partial charge in [-0.2, -0.15) is 0 Å². The van der Waals surface area contributed by atoms with Crippen LogP contribution < -0.4 is 5.32 Å². The number of carbonyl (C=O) groups is 1. The molecule has 2 rings (SSSR count). The van der Waals surface area contributed by atoms with Crippen molar-refractivity contribution in [2.45, 2.75) is 20.3 Å². The van der Waals surface area contributed by atoms with Crippen LogP contribution >= 0.6 is 22.7 Å². The van der Waals surface area contributed by atoms with Crippen molar-refractivity contribution in [1.29, 1.82) is 0 Å². The Morgan fingerprint density at radius 1 is 1.50 bits per heavy atom. The molecular weight excluding hydrogens is 292 g/mol. The van der Waals surface area contributed by atoms with E-state index >= 15 is 0 Å². The molecule has 0 aliphatic rings. The zero-order valence-corrected chi connectivity index (χ0v) is 12.8. The van der Waals surface area contributed by atoms with Crippen LogP contribution in [0.3, 0.4) is 0 Å². The first-order valence-electron chi connectivity index (χ1n) is 6.04. The van der Waals surface area contributed by atoms with Gasteiger partial charge in [0.2, 0.25) is 0 Å². The number of nitrogens with one attached hydrogen (secondary N) is 1. The molecule has 6 heteroatoms. The lowest BCUT2D eigenvalue weighted by atomic mass is 10.2. The van der Waals surface area contributed by atoms with Gasteiger partial charge in [-0.05, 0) is 25.3 Å². The van der Waals surface area contributed by atoms with E-state index in [0.29, 0.717) is 22.0 Å². The monoisotopic (exact) mass is 306 g/mol. The minimum atomic E-state index is -0.193. The van der Waals surface area contributed by atoms with E-state index in [1.54, 1.807) is 0 Å². The fourth-order valence-electron chi connectivity index (χ4n) is 1.48. The van der Waals surface area contributed by atoms with Gasteiger partial charge in [-0.15, -0.1) is 22.7 Å². The fraction of sp³-hybridized carbons (Fsp3) is 0.286. The molecule has 0 radical (unpaired) electrons. The predicted molar refractivity (Wildman–Crippen MR) is 82.4 cm³/mol. The van der Waals surface area contributed by atoms with E-state index in [1.165, 1.54) is 22.7 Å². The number of amides is 1. The third kappa shape index (κ3) is 3.45. The van der Waals surface area contributed by atoms with Gasteiger partial charge in [0.25, 0.3) is 5.91 Å². The Morgan fingerprint density at radius 3 is 2.95 bits per heavy atom. The molecule has 0 saturated carbocycles. The summed E-state index contributed by atoms with van der Waals surface area (Å²) in [6.45, 7) is 3.91. The Balaban J connectivity index is 2.14. The van der Waals surface area contributed by atoms with Crippen LogP contribution in [-0.4, -0.2) is 22.6 Å². The summed E-state index contributed by atoms with van der Waals surface area (Å²) in [5, 5.41) is 13.9. The number of thiophene rings is 1. The predicted octanol–water partition coefficient (Wildman–Crippen LogP) is 2.81. The highest BCUT2D eigenvalue weighted by Gasteiger charge is 2.14. The van der Waals surface area contributed by atoms with E-state index in [4.69, 9.17) is 5.11 Å². The molecule has 0 saturated heterocycles. The number of aromatic nitrogens is 1. The number of thiazole rings is 1. The van der Waals surface area contributed by atoms with Gasteiger partial charge in [-0.1, -0.05) is 11.8 Å². The van der Waals surface area contributed by atoms with Crippen molar-refractivity contribution >= 4 is 33.7 Å². The Morgan fingerprint density at radius 2 is 2.30 bits per heavy atom. The van der Waals surface area contributed by atoms with E-state index < -0.39 is 0 Å². The van der Waals surface area contributed by atoms with Crippen LogP contribution in [0.4, 0.5) is 5.13 Å². The van der Waals surface area contributed by atoms with Gasteiger partial charge in [0.1, 0.15) is 4.88 Å². The molecule has 0 spiro atoms. The molecule has 2 aromatic rings. The fourth-order valence-corrected chi connectivity index (χ4v) is 3.03. The highest BCUT2D eigenvalue weighted by atomic mass is 32.1. The van der Waals surface area contributed by atoms with Gasteiger partial charge in [-0.3, -0.25) is 10.1 Å². The van der Waals surface area contributed by atoms with Crippen LogP contribution in [0.15, 0.2) is 11.4 Å². The number of rotatable bonds is 3. The van der Waals surface area contributed by atoms with Crippen LogP contribution in [0.1, 0.15) is 32.2 Å². The minimum absolute atomic E-state index is 0.0241. The minimum Gasteiger partial charge on any atom is -0.395 e. The number of carbonyl (C=O) groups excluding carboxylic acids is 1. The van der Waals surface area contributed by atoms with E-state index in [9.17, 15) is 4.79 Å². The Kier molecular flexibility index (Phi) is 4.90. The SMILES string of the molecule is Cc1nc(NC(=O)c2sccc2C#CCCO)sc1C. The zero-order chi connectivity index (χ0) is 14.5. The van der Waals surface area contributed by atoms with Gasteiger partial charge in [0.15, 0.2) is 5.13 Å². The number of aliphatic hydroxyl groups excluding tert-OH is 1. The van der Waals surface area contributed by atoms with Crippen LogP contribution in [0.5, 0.6) is 0 Å². The molecule has 2 aromatic heterocycles. The second kappa shape index (κ2) is 6.66. The molecule has 0 fully saturated rings. The number of nitrogens with zero attached hydrogens (tertiary/aromatic N) is 1. The summed E-state index contributed by atoms with van der Waals surface area (Å²) in [6, 6.07) is 1.81. The molecule has 0 aliphatic heterocycles. The third-order valence-electron chi connectivity index (χ3n) is 2.58. The molecule has 4 nitrogen and oxygen atoms in total. The maximum atomic E-state index is 12.2. The van der Waals surface area contributed by atoms with E-state index in [0.717, 1.165) is 10.6 Å². The van der Waals surface area contributed by atoms with E-state index in [-0.39, 0.29) is 12.5 Å². The second-order valence-corrected chi connectivity index (χ2v) is 6.17. The average molecular weight is 306 g/mol. The van der Waals surface area contributed by atoms with Crippen LogP contribution in [-0.2, 0) is 0 Å². The molecule has 0 atom stereocenters. The summed E-state index contributed by atoms with van der Waals surface area (Å²) in [4.78, 5) is 18.1. The van der Waals surface area contributed by atoms with Crippen molar-refractivity contribution in [2.24, 2.45) is 0 Å². The highest BCUT2D eigenvalue weighted by Crippen LogP contribution is 2.23. The molecule has 0 aliphatic carbocycles. The normalized spacial score (nSPS) is 9.95. The lowest BCUT2D eigenvalue weighted by Crippen LogP contribution is -2.11. The number of hydrogen-bond donors (Lipinski definition) is 2. The number of hydrogen-bond acceptors (Lipinski definition) is 5. The van der Waals surface area contributed by atoms with Gasteiger partial charge in [0, 0.05) is 16.9 Å². The molecule has 104 valence electrons. The Hall–Kier alpha value is -1.68. The van der Waals surface area contributed by atoms with Gasteiger partial charge >= 0.3 is 0 Å². The maximum Gasteiger partial charge on any atom is 0.268 e. The summed E-state index contributed by atoms with van der Waals surface area (Å²) in [5.41, 5.74) is 1.62. The molecule has 0 unspecified atom stereocenters. The molecule has 20 heavy (non-hydrogen) atoms. The highest BCUT2D eigenvalue weighted by molar-refractivity contribution is 7.16. The van der Waals surface area contributed by atoms with Crippen molar-refractivity contribution in [2.75, 3.05) is 11.9 Å². The summed E-state index contributed by atoms with van der Waals surface area (Å²) in [6.07, 6.45) is 0.405. The maximum absolute atomic E-state index is 12.2. The Bertz CT molecular complexity index is 657. The summed E-state index contributed by atoms with van der Waals surface area (Å²) in [5.74, 6) is 5.53. The summed E-state index contributed by atoms with van der Waals surface area (Å²) < 4.78 is 0. The summed E-state index contributed by atoms with van der Waals surface area (Å²) in [7, 11) is 0. The first-order valence-corrected chi connectivity index (χ1v) is 7.74. The van der Waals surface area contributed by atoms with Crippen LogP contribution in [0.25, 0.3) is 0 Å². The zero-order valence-electron chi connectivity index (χ0n) is 11.2. The quantitative estimate of drug-likeness (QED) is 0.857. The van der Waals surface area contributed by atoms with Gasteiger partial charge in [0.05, 0.1) is 12.3 Å².